The zero-order chi connectivity index (χ0) is 13.7. The number of hydrogen-bond donors (Lipinski definition) is 1. The van der Waals surface area contributed by atoms with Gasteiger partial charge in [-0.15, -0.1) is 0 Å². The van der Waals surface area contributed by atoms with E-state index in [0.29, 0.717) is 18.2 Å². The van der Waals surface area contributed by atoms with Gasteiger partial charge in [0, 0.05) is 25.2 Å². The van der Waals surface area contributed by atoms with E-state index >= 15 is 0 Å². The third kappa shape index (κ3) is 4.38. The van der Waals surface area contributed by atoms with Crippen LogP contribution in [-0.4, -0.2) is 36.5 Å². The predicted octanol–water partition coefficient (Wildman–Crippen LogP) is 1.77. The summed E-state index contributed by atoms with van der Waals surface area (Å²) in [5.74, 6) is -0.582. The first-order chi connectivity index (χ1) is 8.40. The standard InChI is InChI=1S/C12H18FN3O2/c1-9(15(2)3)7-14-8-10-4-11(13)6-12(5-10)16(17)18/h4-6,9,14H,7-8H2,1-3H3. The van der Waals surface area contributed by atoms with Crippen molar-refractivity contribution in [1.82, 2.24) is 10.2 Å². The highest BCUT2D eigenvalue weighted by Crippen LogP contribution is 2.16. The van der Waals surface area contributed by atoms with Crippen molar-refractivity contribution in [3.05, 3.63) is 39.7 Å². The molecule has 0 bridgehead atoms. The van der Waals surface area contributed by atoms with Crippen LogP contribution in [0.25, 0.3) is 0 Å². The number of halogens is 1. The minimum Gasteiger partial charge on any atom is -0.311 e. The van der Waals surface area contributed by atoms with Crippen LogP contribution in [0.4, 0.5) is 10.1 Å². The molecule has 0 amide bonds. The number of non-ortho nitro benzene ring substituents is 1. The van der Waals surface area contributed by atoms with Gasteiger partial charge in [-0.1, -0.05) is 0 Å². The molecule has 1 atom stereocenters. The molecule has 0 radical (unpaired) electrons. The van der Waals surface area contributed by atoms with E-state index in [4.69, 9.17) is 0 Å². The molecule has 5 nitrogen and oxygen atoms in total. The summed E-state index contributed by atoms with van der Waals surface area (Å²) in [5.41, 5.74) is 0.361. The average Bonchev–Trinajstić information content (AvgIpc) is 2.27. The van der Waals surface area contributed by atoms with Crippen LogP contribution in [0.3, 0.4) is 0 Å². The van der Waals surface area contributed by atoms with E-state index in [1.54, 1.807) is 0 Å². The highest BCUT2D eigenvalue weighted by atomic mass is 19.1. The summed E-state index contributed by atoms with van der Waals surface area (Å²) in [7, 11) is 3.94. The predicted molar refractivity (Wildman–Crippen MR) is 67.9 cm³/mol. The van der Waals surface area contributed by atoms with Gasteiger partial charge in [0.05, 0.1) is 11.0 Å². The first-order valence-electron chi connectivity index (χ1n) is 5.71. The summed E-state index contributed by atoms with van der Waals surface area (Å²) in [5, 5.41) is 13.7. The van der Waals surface area contributed by atoms with Crippen LogP contribution in [-0.2, 0) is 6.54 Å². The van der Waals surface area contributed by atoms with Crippen molar-refractivity contribution in [2.75, 3.05) is 20.6 Å². The van der Waals surface area contributed by atoms with Gasteiger partial charge in [-0.25, -0.2) is 4.39 Å². The second-order valence-electron chi connectivity index (χ2n) is 4.52. The molecule has 18 heavy (non-hydrogen) atoms. The van der Waals surface area contributed by atoms with Crippen LogP contribution in [0.15, 0.2) is 18.2 Å². The Bertz CT molecular complexity index is 424. The highest BCUT2D eigenvalue weighted by molar-refractivity contribution is 5.35. The maximum absolute atomic E-state index is 13.2. The molecular formula is C12H18FN3O2. The lowest BCUT2D eigenvalue weighted by Gasteiger charge is -2.20. The molecular weight excluding hydrogens is 237 g/mol. The fourth-order valence-electron chi connectivity index (χ4n) is 1.45. The number of nitrogens with zero attached hydrogens (tertiary/aromatic N) is 2. The summed E-state index contributed by atoms with van der Waals surface area (Å²) in [6.07, 6.45) is 0. The quantitative estimate of drug-likeness (QED) is 0.621. The van der Waals surface area contributed by atoms with Gasteiger partial charge in [-0.2, -0.15) is 0 Å². The summed E-state index contributed by atoms with van der Waals surface area (Å²) in [4.78, 5) is 12.1. The molecule has 0 aliphatic carbocycles. The molecule has 0 heterocycles. The number of likely N-dealkylation sites (N-methyl/N-ethyl adjacent to an activating group) is 1. The zero-order valence-corrected chi connectivity index (χ0v) is 10.8. The SMILES string of the molecule is CC(CNCc1cc(F)cc([N+](=O)[O-])c1)N(C)C. The van der Waals surface area contributed by atoms with E-state index in [0.717, 1.165) is 12.6 Å². The Kier molecular flexibility index (Phi) is 5.18. The molecule has 0 saturated carbocycles. The minimum atomic E-state index is -0.588. The van der Waals surface area contributed by atoms with Gasteiger partial charge in [0.2, 0.25) is 0 Å². The Morgan fingerprint density at radius 3 is 2.67 bits per heavy atom. The molecule has 0 aromatic heterocycles. The monoisotopic (exact) mass is 255 g/mol. The van der Waals surface area contributed by atoms with Gasteiger partial charge in [-0.3, -0.25) is 10.1 Å². The maximum atomic E-state index is 13.2. The second-order valence-corrected chi connectivity index (χ2v) is 4.52. The van der Waals surface area contributed by atoms with Gasteiger partial charge in [0.25, 0.3) is 5.69 Å². The fraction of sp³-hybridized carbons (Fsp3) is 0.500. The first-order valence-corrected chi connectivity index (χ1v) is 5.71. The first kappa shape index (κ1) is 14.5. The van der Waals surface area contributed by atoms with Crippen LogP contribution in [0.5, 0.6) is 0 Å². The molecule has 1 N–H and O–H groups in total. The van der Waals surface area contributed by atoms with Crippen molar-refractivity contribution in [2.24, 2.45) is 0 Å². The van der Waals surface area contributed by atoms with Crippen LogP contribution >= 0.6 is 0 Å². The van der Waals surface area contributed by atoms with Gasteiger partial charge in [-0.05, 0) is 32.6 Å². The van der Waals surface area contributed by atoms with Crippen molar-refractivity contribution < 1.29 is 9.31 Å². The average molecular weight is 255 g/mol. The van der Waals surface area contributed by atoms with Crippen molar-refractivity contribution in [1.29, 1.82) is 0 Å². The van der Waals surface area contributed by atoms with E-state index < -0.39 is 10.7 Å². The minimum absolute atomic E-state index is 0.215. The van der Waals surface area contributed by atoms with E-state index in [1.807, 2.05) is 14.1 Å². The Hall–Kier alpha value is -1.53. The molecule has 0 spiro atoms. The molecule has 1 aromatic carbocycles. The van der Waals surface area contributed by atoms with Crippen LogP contribution in [0.2, 0.25) is 0 Å². The Balaban J connectivity index is 2.60. The zero-order valence-electron chi connectivity index (χ0n) is 10.8. The number of nitro benzene ring substituents is 1. The lowest BCUT2D eigenvalue weighted by atomic mass is 10.2. The Morgan fingerprint density at radius 2 is 2.11 bits per heavy atom. The molecule has 1 aromatic rings. The summed E-state index contributed by atoms with van der Waals surface area (Å²) in [6, 6.07) is 3.96. The Labute approximate surface area is 106 Å². The normalized spacial score (nSPS) is 12.7. The number of nitrogens with one attached hydrogen (secondary N) is 1. The molecule has 1 unspecified atom stereocenters. The number of hydrogen-bond acceptors (Lipinski definition) is 4. The third-order valence-corrected chi connectivity index (χ3v) is 2.80. The largest absolute Gasteiger partial charge is 0.311 e. The second kappa shape index (κ2) is 6.42. The van der Waals surface area contributed by atoms with Gasteiger partial charge in [0.15, 0.2) is 0 Å². The van der Waals surface area contributed by atoms with Gasteiger partial charge in [0.1, 0.15) is 5.82 Å². The van der Waals surface area contributed by atoms with E-state index in [2.05, 4.69) is 17.1 Å². The molecule has 6 heteroatoms. The van der Waals surface area contributed by atoms with E-state index in [9.17, 15) is 14.5 Å². The lowest BCUT2D eigenvalue weighted by Crippen LogP contribution is -2.35. The molecule has 0 aliphatic heterocycles. The van der Waals surface area contributed by atoms with Crippen molar-refractivity contribution in [3.63, 3.8) is 0 Å². The van der Waals surface area contributed by atoms with Gasteiger partial charge >= 0.3 is 0 Å². The summed E-state index contributed by atoms with van der Waals surface area (Å²) < 4.78 is 13.2. The van der Waals surface area contributed by atoms with Crippen molar-refractivity contribution >= 4 is 5.69 Å². The van der Waals surface area contributed by atoms with Crippen LogP contribution < -0.4 is 5.32 Å². The lowest BCUT2D eigenvalue weighted by molar-refractivity contribution is -0.385. The van der Waals surface area contributed by atoms with Crippen LogP contribution in [0, 0.1) is 15.9 Å². The molecule has 1 rings (SSSR count). The van der Waals surface area contributed by atoms with Crippen LogP contribution in [0.1, 0.15) is 12.5 Å². The molecule has 100 valence electrons. The smallest absolute Gasteiger partial charge is 0.272 e. The number of benzene rings is 1. The van der Waals surface area contributed by atoms with Crippen molar-refractivity contribution in [3.8, 4) is 0 Å². The number of rotatable bonds is 6. The molecule has 0 saturated heterocycles. The Morgan fingerprint density at radius 1 is 1.44 bits per heavy atom. The number of nitro groups is 1. The molecule has 0 fully saturated rings. The highest BCUT2D eigenvalue weighted by Gasteiger charge is 2.10. The summed E-state index contributed by atoms with van der Waals surface area (Å²) in [6.45, 7) is 3.20. The fourth-order valence-corrected chi connectivity index (χ4v) is 1.45. The summed E-state index contributed by atoms with van der Waals surface area (Å²) >= 11 is 0. The topological polar surface area (TPSA) is 58.4 Å². The molecule has 0 aliphatic rings. The van der Waals surface area contributed by atoms with Gasteiger partial charge < -0.3 is 10.2 Å². The van der Waals surface area contributed by atoms with E-state index in [-0.39, 0.29) is 5.69 Å². The van der Waals surface area contributed by atoms with E-state index in [1.165, 1.54) is 12.1 Å². The van der Waals surface area contributed by atoms with Crippen molar-refractivity contribution in [2.45, 2.75) is 19.5 Å². The maximum Gasteiger partial charge on any atom is 0.272 e. The third-order valence-electron chi connectivity index (χ3n) is 2.80.